The van der Waals surface area contributed by atoms with Gasteiger partial charge in [-0.2, -0.15) is 0 Å². The van der Waals surface area contributed by atoms with E-state index in [1.807, 2.05) is 30.3 Å². The minimum atomic E-state index is -0.355. The summed E-state index contributed by atoms with van der Waals surface area (Å²) in [4.78, 5) is 11.4. The van der Waals surface area contributed by atoms with Crippen LogP contribution in [0.15, 0.2) is 43.0 Å². The van der Waals surface area contributed by atoms with Crippen LogP contribution in [0.2, 0.25) is 0 Å². The van der Waals surface area contributed by atoms with Crippen molar-refractivity contribution in [1.82, 2.24) is 0 Å². The topological polar surface area (TPSA) is 53.9 Å². The van der Waals surface area contributed by atoms with Crippen molar-refractivity contribution in [1.29, 1.82) is 0 Å². The summed E-state index contributed by atoms with van der Waals surface area (Å²) in [6.07, 6.45) is 2.22. The molecule has 16 heavy (non-hydrogen) atoms. The van der Waals surface area contributed by atoms with Crippen LogP contribution in [0.5, 0.6) is 0 Å². The highest BCUT2D eigenvalue weighted by molar-refractivity contribution is 5.74. The molecule has 0 unspecified atom stereocenters. The quantitative estimate of drug-likeness (QED) is 0.475. The third kappa shape index (κ3) is 4.96. The molecule has 1 atom stereocenters. The molecule has 0 amide bonds. The van der Waals surface area contributed by atoms with Crippen molar-refractivity contribution in [3.63, 3.8) is 0 Å². The summed E-state index contributed by atoms with van der Waals surface area (Å²) in [7, 11) is 0. The molecule has 0 aliphatic carbocycles. The molecule has 3 N–H and O–H groups in total. The highest BCUT2D eigenvalue weighted by Gasteiger charge is 2.16. The molecule has 0 spiro atoms. The van der Waals surface area contributed by atoms with E-state index >= 15 is 0 Å². The van der Waals surface area contributed by atoms with E-state index in [1.54, 1.807) is 6.08 Å². The Morgan fingerprint density at radius 2 is 2.06 bits per heavy atom. The number of rotatable bonds is 5. The number of carbonyl (C=O) groups is 1. The Kier molecular flexibility index (Phi) is 7.25. The Morgan fingerprint density at radius 3 is 2.62 bits per heavy atom. The number of benzene rings is 1. The van der Waals surface area contributed by atoms with Crippen LogP contribution in [0.1, 0.15) is 12.0 Å². The number of esters is 1. The zero-order chi connectivity index (χ0) is 11.1. The lowest BCUT2D eigenvalue weighted by Crippen LogP contribution is -3.00. The largest absolute Gasteiger partial charge is 1.00 e. The summed E-state index contributed by atoms with van der Waals surface area (Å²) in [6, 6.07) is 9.22. The molecule has 0 heterocycles. The fourth-order valence-corrected chi connectivity index (χ4v) is 1.14. The lowest BCUT2D eigenvalue weighted by Gasteiger charge is -2.06. The molecule has 0 saturated heterocycles. The second kappa shape index (κ2) is 7.91. The summed E-state index contributed by atoms with van der Waals surface area (Å²) in [6.45, 7) is 3.86. The molecule has 1 aromatic carbocycles. The van der Waals surface area contributed by atoms with Gasteiger partial charge in [-0.25, -0.2) is 4.79 Å². The lowest BCUT2D eigenvalue weighted by atomic mass is 10.2. The van der Waals surface area contributed by atoms with E-state index in [4.69, 9.17) is 4.74 Å². The SMILES string of the molecule is C=CC[C@H]([NH3+])C(=O)OCc1ccccc1.[Cl-]. The first kappa shape index (κ1) is 14.7. The molecule has 3 nitrogen and oxygen atoms in total. The lowest BCUT2D eigenvalue weighted by molar-refractivity contribution is -0.407. The van der Waals surface area contributed by atoms with Crippen LogP contribution in [-0.4, -0.2) is 12.0 Å². The number of ether oxygens (including phenoxy) is 1. The molecular weight excluding hydrogens is 226 g/mol. The monoisotopic (exact) mass is 241 g/mol. The second-order valence-electron chi connectivity index (χ2n) is 3.31. The predicted molar refractivity (Wildman–Crippen MR) is 57.7 cm³/mol. The van der Waals surface area contributed by atoms with Crippen LogP contribution in [0, 0.1) is 0 Å². The minimum Gasteiger partial charge on any atom is -1.00 e. The van der Waals surface area contributed by atoms with E-state index in [2.05, 4.69) is 12.3 Å². The van der Waals surface area contributed by atoms with Gasteiger partial charge in [-0.1, -0.05) is 36.4 Å². The van der Waals surface area contributed by atoms with Crippen molar-refractivity contribution >= 4 is 5.97 Å². The Balaban J connectivity index is 0.00000225. The molecule has 1 aromatic rings. The first-order valence-electron chi connectivity index (χ1n) is 4.88. The fourth-order valence-electron chi connectivity index (χ4n) is 1.14. The van der Waals surface area contributed by atoms with E-state index in [9.17, 15) is 4.79 Å². The number of carbonyl (C=O) groups excluding carboxylic acids is 1. The Morgan fingerprint density at radius 1 is 1.44 bits per heavy atom. The van der Waals surface area contributed by atoms with Gasteiger partial charge in [0.2, 0.25) is 0 Å². The highest BCUT2D eigenvalue weighted by Crippen LogP contribution is 2.01. The van der Waals surface area contributed by atoms with Gasteiger partial charge in [-0.3, -0.25) is 0 Å². The molecular formula is C12H16ClNO2. The van der Waals surface area contributed by atoms with E-state index in [1.165, 1.54) is 0 Å². The van der Waals surface area contributed by atoms with E-state index < -0.39 is 0 Å². The summed E-state index contributed by atoms with van der Waals surface area (Å²) < 4.78 is 5.09. The summed E-state index contributed by atoms with van der Waals surface area (Å²) in [5, 5.41) is 0. The van der Waals surface area contributed by atoms with Gasteiger partial charge >= 0.3 is 5.97 Å². The van der Waals surface area contributed by atoms with E-state index in [0.29, 0.717) is 13.0 Å². The normalized spacial score (nSPS) is 11.1. The summed E-state index contributed by atoms with van der Waals surface area (Å²) >= 11 is 0. The highest BCUT2D eigenvalue weighted by atomic mass is 35.5. The van der Waals surface area contributed by atoms with Crippen LogP contribution >= 0.6 is 0 Å². The van der Waals surface area contributed by atoms with Crippen molar-refractivity contribution in [2.75, 3.05) is 0 Å². The van der Waals surface area contributed by atoms with Crippen molar-refractivity contribution < 1.29 is 27.7 Å². The summed E-state index contributed by atoms with van der Waals surface area (Å²) in [5.41, 5.74) is 4.68. The predicted octanol–water partition coefficient (Wildman–Crippen LogP) is -2.08. The zero-order valence-electron chi connectivity index (χ0n) is 9.06. The average molecular weight is 242 g/mol. The molecule has 0 aliphatic rings. The number of hydrogen-bond acceptors (Lipinski definition) is 2. The molecule has 1 rings (SSSR count). The van der Waals surface area contributed by atoms with Gasteiger partial charge in [0.05, 0.1) is 0 Å². The van der Waals surface area contributed by atoms with Crippen molar-refractivity contribution in [2.45, 2.75) is 19.1 Å². The average Bonchev–Trinajstić information content (AvgIpc) is 2.27. The zero-order valence-corrected chi connectivity index (χ0v) is 9.82. The molecule has 88 valence electrons. The Labute approximate surface area is 102 Å². The van der Waals surface area contributed by atoms with Gasteiger partial charge in [-0.05, 0) is 5.56 Å². The first-order valence-corrected chi connectivity index (χ1v) is 4.88. The molecule has 0 saturated carbocycles. The van der Waals surface area contributed by atoms with Crippen LogP contribution in [0.25, 0.3) is 0 Å². The molecule has 0 aliphatic heterocycles. The fraction of sp³-hybridized carbons (Fsp3) is 0.250. The van der Waals surface area contributed by atoms with Gasteiger partial charge in [0.25, 0.3) is 0 Å². The smallest absolute Gasteiger partial charge is 0.365 e. The first-order chi connectivity index (χ1) is 7.24. The number of halogens is 1. The maximum atomic E-state index is 11.4. The van der Waals surface area contributed by atoms with Gasteiger partial charge in [0, 0.05) is 6.42 Å². The van der Waals surface area contributed by atoms with Crippen LogP contribution < -0.4 is 18.1 Å². The number of quaternary nitrogens is 1. The molecule has 0 radical (unpaired) electrons. The van der Waals surface area contributed by atoms with Crippen molar-refractivity contribution in [3.8, 4) is 0 Å². The van der Waals surface area contributed by atoms with Gasteiger partial charge < -0.3 is 22.9 Å². The van der Waals surface area contributed by atoms with Crippen LogP contribution in [-0.2, 0) is 16.1 Å². The van der Waals surface area contributed by atoms with Crippen LogP contribution in [0.4, 0.5) is 0 Å². The maximum Gasteiger partial charge on any atom is 0.365 e. The maximum absolute atomic E-state index is 11.4. The summed E-state index contributed by atoms with van der Waals surface area (Å²) in [5.74, 6) is -0.279. The Bertz CT molecular complexity index is 327. The van der Waals surface area contributed by atoms with E-state index in [-0.39, 0.29) is 24.4 Å². The van der Waals surface area contributed by atoms with Crippen molar-refractivity contribution in [2.24, 2.45) is 0 Å². The molecule has 0 fully saturated rings. The molecule has 4 heteroatoms. The Hall–Kier alpha value is -1.32. The molecule has 0 aromatic heterocycles. The number of hydrogen-bond donors (Lipinski definition) is 1. The molecule has 0 bridgehead atoms. The minimum absolute atomic E-state index is 0. The van der Waals surface area contributed by atoms with Crippen LogP contribution in [0.3, 0.4) is 0 Å². The third-order valence-corrected chi connectivity index (χ3v) is 2.01. The second-order valence-corrected chi connectivity index (χ2v) is 3.31. The van der Waals surface area contributed by atoms with Crippen molar-refractivity contribution in [3.05, 3.63) is 48.6 Å². The van der Waals surface area contributed by atoms with E-state index in [0.717, 1.165) is 5.56 Å². The van der Waals surface area contributed by atoms with Gasteiger partial charge in [-0.15, -0.1) is 6.58 Å². The standard InChI is InChI=1S/C12H15NO2.ClH/c1-2-6-11(13)12(14)15-9-10-7-4-3-5-8-10;/h2-5,7-8,11H,1,6,9,13H2;1H/t11-;/m0./s1. The third-order valence-electron chi connectivity index (χ3n) is 2.01. The van der Waals surface area contributed by atoms with Gasteiger partial charge in [0.1, 0.15) is 6.61 Å². The van der Waals surface area contributed by atoms with Gasteiger partial charge in [0.15, 0.2) is 6.04 Å².